The summed E-state index contributed by atoms with van der Waals surface area (Å²) in [6, 6.07) is 0.648. The quantitative estimate of drug-likeness (QED) is 0.718. The number of aliphatic imine (C=N–C) groups is 1. The van der Waals surface area contributed by atoms with E-state index in [1.807, 2.05) is 0 Å². The highest BCUT2D eigenvalue weighted by Crippen LogP contribution is 2.27. The normalized spacial score (nSPS) is 25.9. The summed E-state index contributed by atoms with van der Waals surface area (Å²) in [5, 5.41) is 3.61. The standard InChI is InChI=1S/C12H22N2/c1-10(11-6-2-3-7-11)14-12-8-4-5-9-13-12/h10-11H,2-9H2,1H3,(H,13,14)/t10-/m0/s1. The molecule has 2 rings (SSSR count). The Morgan fingerprint density at radius 1 is 1.21 bits per heavy atom. The van der Waals surface area contributed by atoms with Crippen molar-refractivity contribution >= 4 is 5.84 Å². The minimum Gasteiger partial charge on any atom is -0.371 e. The van der Waals surface area contributed by atoms with E-state index in [0.717, 1.165) is 12.5 Å². The zero-order valence-corrected chi connectivity index (χ0v) is 9.26. The first-order valence-electron chi connectivity index (χ1n) is 6.16. The Labute approximate surface area is 87.2 Å². The molecule has 2 nitrogen and oxygen atoms in total. The first-order chi connectivity index (χ1) is 6.86. The van der Waals surface area contributed by atoms with Gasteiger partial charge in [0.1, 0.15) is 0 Å². The first-order valence-corrected chi connectivity index (χ1v) is 6.16. The van der Waals surface area contributed by atoms with Gasteiger partial charge in [-0.1, -0.05) is 12.8 Å². The molecule has 80 valence electrons. The first kappa shape index (κ1) is 10.0. The van der Waals surface area contributed by atoms with Crippen molar-refractivity contribution in [1.29, 1.82) is 0 Å². The van der Waals surface area contributed by atoms with Crippen molar-refractivity contribution in [2.24, 2.45) is 10.9 Å². The zero-order chi connectivity index (χ0) is 9.80. The van der Waals surface area contributed by atoms with Crippen LogP contribution < -0.4 is 5.32 Å². The van der Waals surface area contributed by atoms with Crippen molar-refractivity contribution in [2.75, 3.05) is 6.54 Å². The summed E-state index contributed by atoms with van der Waals surface area (Å²) in [5.41, 5.74) is 0. The maximum absolute atomic E-state index is 4.55. The van der Waals surface area contributed by atoms with Crippen LogP contribution in [0.3, 0.4) is 0 Å². The molecule has 1 heterocycles. The lowest BCUT2D eigenvalue weighted by atomic mass is 9.99. The Balaban J connectivity index is 1.80. The highest BCUT2D eigenvalue weighted by Gasteiger charge is 2.22. The second-order valence-corrected chi connectivity index (χ2v) is 4.76. The van der Waals surface area contributed by atoms with Gasteiger partial charge in [-0.2, -0.15) is 0 Å². The molecule has 0 aromatic carbocycles. The molecular weight excluding hydrogens is 172 g/mol. The largest absolute Gasteiger partial charge is 0.371 e. The second-order valence-electron chi connectivity index (χ2n) is 4.76. The van der Waals surface area contributed by atoms with Gasteiger partial charge in [-0.25, -0.2) is 0 Å². The number of rotatable bonds is 2. The van der Waals surface area contributed by atoms with Gasteiger partial charge in [-0.05, 0) is 38.5 Å². The van der Waals surface area contributed by atoms with E-state index in [4.69, 9.17) is 0 Å². The van der Waals surface area contributed by atoms with E-state index in [1.165, 1.54) is 50.8 Å². The lowest BCUT2D eigenvalue weighted by molar-refractivity contribution is 0.422. The smallest absolute Gasteiger partial charge is 0.0965 e. The van der Waals surface area contributed by atoms with Crippen LogP contribution in [0.4, 0.5) is 0 Å². The molecule has 0 aromatic rings. The van der Waals surface area contributed by atoms with Crippen LogP contribution in [0.25, 0.3) is 0 Å². The Kier molecular flexibility index (Phi) is 3.44. The summed E-state index contributed by atoms with van der Waals surface area (Å²) in [4.78, 5) is 4.55. The molecule has 1 fully saturated rings. The van der Waals surface area contributed by atoms with Gasteiger partial charge < -0.3 is 5.32 Å². The molecule has 1 aliphatic heterocycles. The molecule has 1 atom stereocenters. The van der Waals surface area contributed by atoms with Gasteiger partial charge in [0.15, 0.2) is 0 Å². The van der Waals surface area contributed by atoms with Crippen LogP contribution in [0.1, 0.15) is 51.9 Å². The highest BCUT2D eigenvalue weighted by atomic mass is 15.0. The highest BCUT2D eigenvalue weighted by molar-refractivity contribution is 5.82. The van der Waals surface area contributed by atoms with Crippen molar-refractivity contribution < 1.29 is 0 Å². The lowest BCUT2D eigenvalue weighted by Crippen LogP contribution is -2.38. The molecule has 0 unspecified atom stereocenters. The molecule has 14 heavy (non-hydrogen) atoms. The van der Waals surface area contributed by atoms with Gasteiger partial charge in [0.25, 0.3) is 0 Å². The van der Waals surface area contributed by atoms with Gasteiger partial charge in [0, 0.05) is 19.0 Å². The molecule has 0 spiro atoms. The fourth-order valence-electron chi connectivity index (χ4n) is 2.65. The van der Waals surface area contributed by atoms with Crippen molar-refractivity contribution in [1.82, 2.24) is 5.32 Å². The van der Waals surface area contributed by atoms with Gasteiger partial charge in [-0.15, -0.1) is 0 Å². The summed E-state index contributed by atoms with van der Waals surface area (Å²) >= 11 is 0. The number of nitrogens with zero attached hydrogens (tertiary/aromatic N) is 1. The Bertz CT molecular complexity index is 204. The van der Waals surface area contributed by atoms with Crippen LogP contribution in [0.2, 0.25) is 0 Å². The van der Waals surface area contributed by atoms with Crippen LogP contribution in [-0.4, -0.2) is 18.4 Å². The summed E-state index contributed by atoms with van der Waals surface area (Å²) in [6.45, 7) is 3.37. The van der Waals surface area contributed by atoms with Crippen LogP contribution in [-0.2, 0) is 0 Å². The predicted octanol–water partition coefficient (Wildman–Crippen LogP) is 2.74. The monoisotopic (exact) mass is 194 g/mol. The van der Waals surface area contributed by atoms with Crippen molar-refractivity contribution in [3.05, 3.63) is 0 Å². The van der Waals surface area contributed by atoms with Crippen molar-refractivity contribution in [2.45, 2.75) is 57.9 Å². The van der Waals surface area contributed by atoms with E-state index in [2.05, 4.69) is 17.2 Å². The Morgan fingerprint density at radius 3 is 2.64 bits per heavy atom. The molecular formula is C12H22N2. The average molecular weight is 194 g/mol. The Hall–Kier alpha value is -0.530. The van der Waals surface area contributed by atoms with E-state index < -0.39 is 0 Å². The van der Waals surface area contributed by atoms with E-state index >= 15 is 0 Å². The van der Waals surface area contributed by atoms with Crippen LogP contribution in [0.15, 0.2) is 4.99 Å². The van der Waals surface area contributed by atoms with Gasteiger partial charge in [-0.3, -0.25) is 4.99 Å². The molecule has 0 amide bonds. The SMILES string of the molecule is C[C@H](NC1=NCCCC1)C1CCCC1. The molecule has 0 aromatic heterocycles. The molecule has 0 bridgehead atoms. The molecule has 2 heteroatoms. The minimum atomic E-state index is 0.648. The fourth-order valence-corrected chi connectivity index (χ4v) is 2.65. The van der Waals surface area contributed by atoms with E-state index in [0.29, 0.717) is 6.04 Å². The molecule has 1 N–H and O–H groups in total. The number of hydrogen-bond donors (Lipinski definition) is 1. The maximum atomic E-state index is 4.55. The van der Waals surface area contributed by atoms with Gasteiger partial charge in [0.05, 0.1) is 5.84 Å². The number of nitrogens with one attached hydrogen (secondary N) is 1. The van der Waals surface area contributed by atoms with E-state index in [1.54, 1.807) is 0 Å². The summed E-state index contributed by atoms with van der Waals surface area (Å²) < 4.78 is 0. The van der Waals surface area contributed by atoms with Crippen molar-refractivity contribution in [3.8, 4) is 0 Å². The zero-order valence-electron chi connectivity index (χ0n) is 9.26. The molecule has 0 radical (unpaired) electrons. The van der Waals surface area contributed by atoms with E-state index in [-0.39, 0.29) is 0 Å². The molecule has 1 saturated carbocycles. The van der Waals surface area contributed by atoms with Gasteiger partial charge in [0.2, 0.25) is 0 Å². The van der Waals surface area contributed by atoms with Crippen LogP contribution in [0, 0.1) is 5.92 Å². The minimum absolute atomic E-state index is 0.648. The topological polar surface area (TPSA) is 24.4 Å². The van der Waals surface area contributed by atoms with Crippen LogP contribution in [0.5, 0.6) is 0 Å². The fraction of sp³-hybridized carbons (Fsp3) is 0.917. The third-order valence-electron chi connectivity index (χ3n) is 3.63. The summed E-state index contributed by atoms with van der Waals surface area (Å²) in [6.07, 6.45) is 9.48. The van der Waals surface area contributed by atoms with Gasteiger partial charge >= 0.3 is 0 Å². The maximum Gasteiger partial charge on any atom is 0.0965 e. The second kappa shape index (κ2) is 4.81. The number of amidine groups is 1. The van der Waals surface area contributed by atoms with E-state index in [9.17, 15) is 0 Å². The average Bonchev–Trinajstić information content (AvgIpc) is 2.72. The Morgan fingerprint density at radius 2 is 2.00 bits per heavy atom. The van der Waals surface area contributed by atoms with Crippen LogP contribution >= 0.6 is 0 Å². The summed E-state index contributed by atoms with van der Waals surface area (Å²) in [5.74, 6) is 2.18. The molecule has 2 aliphatic rings. The third-order valence-corrected chi connectivity index (χ3v) is 3.63. The number of hydrogen-bond acceptors (Lipinski definition) is 2. The third kappa shape index (κ3) is 2.49. The molecule has 1 aliphatic carbocycles. The lowest BCUT2D eigenvalue weighted by Gasteiger charge is -2.24. The predicted molar refractivity (Wildman–Crippen MR) is 60.7 cm³/mol. The summed E-state index contributed by atoms with van der Waals surface area (Å²) in [7, 11) is 0. The van der Waals surface area contributed by atoms with Crippen molar-refractivity contribution in [3.63, 3.8) is 0 Å². The molecule has 0 saturated heterocycles.